The van der Waals surface area contributed by atoms with Crippen LogP contribution in [-0.4, -0.2) is 14.5 Å². The number of nitrogens with one attached hydrogen (secondary N) is 1. The molecule has 3 rings (SSSR count). The van der Waals surface area contributed by atoms with Crippen LogP contribution in [0.2, 0.25) is 0 Å². The van der Waals surface area contributed by atoms with E-state index >= 15 is 0 Å². The van der Waals surface area contributed by atoms with Crippen molar-refractivity contribution in [3.63, 3.8) is 0 Å². The first kappa shape index (κ1) is 13.0. The minimum atomic E-state index is 0.318. The third-order valence-corrected chi connectivity index (χ3v) is 3.45. The highest BCUT2D eigenvalue weighted by atomic mass is 32.1. The number of imidazole rings is 1. The Morgan fingerprint density at radius 1 is 1.19 bits per heavy atom. The molecule has 1 N–H and O–H groups in total. The molecular weight excluding hydrogens is 282 g/mol. The fourth-order valence-corrected chi connectivity index (χ4v) is 2.50. The molecule has 0 aliphatic carbocycles. The summed E-state index contributed by atoms with van der Waals surface area (Å²) in [7, 11) is 0. The van der Waals surface area contributed by atoms with Gasteiger partial charge in [-0.25, -0.2) is 4.98 Å². The first-order chi connectivity index (χ1) is 10.1. The number of aryl methyl sites for hydroxylation is 1. The Balaban J connectivity index is 2.32. The molecule has 21 heavy (non-hydrogen) atoms. The van der Waals surface area contributed by atoms with Crippen molar-refractivity contribution in [1.82, 2.24) is 14.5 Å². The van der Waals surface area contributed by atoms with Gasteiger partial charge in [-0.15, -0.1) is 0 Å². The van der Waals surface area contributed by atoms with E-state index in [1.54, 1.807) is 29.0 Å². The van der Waals surface area contributed by atoms with Crippen LogP contribution in [0.1, 0.15) is 16.7 Å². The highest BCUT2D eigenvalue weighted by Gasteiger charge is 2.10. The van der Waals surface area contributed by atoms with Gasteiger partial charge in [-0.2, -0.15) is 10.5 Å². The molecule has 0 fully saturated rings. The summed E-state index contributed by atoms with van der Waals surface area (Å²) in [5, 5.41) is 18.1. The monoisotopic (exact) mass is 291 g/mol. The summed E-state index contributed by atoms with van der Waals surface area (Å²) in [5.74, 6) is 0. The summed E-state index contributed by atoms with van der Waals surface area (Å²) < 4.78 is 2.25. The molecule has 0 saturated carbocycles. The second-order valence-electron chi connectivity index (χ2n) is 4.60. The summed E-state index contributed by atoms with van der Waals surface area (Å²) in [6, 6.07) is 11.0. The van der Waals surface area contributed by atoms with Crippen LogP contribution in [0.3, 0.4) is 0 Å². The summed E-state index contributed by atoms with van der Waals surface area (Å²) in [6.45, 7) is 1.95. The maximum atomic E-state index is 9.13. The third kappa shape index (κ3) is 2.08. The molecule has 0 aliphatic rings. The lowest BCUT2D eigenvalue weighted by molar-refractivity contribution is 1.04. The van der Waals surface area contributed by atoms with Crippen LogP contribution in [0.25, 0.3) is 16.9 Å². The second-order valence-corrected chi connectivity index (χ2v) is 4.99. The minimum absolute atomic E-state index is 0.318. The van der Waals surface area contributed by atoms with E-state index in [0.29, 0.717) is 27.2 Å². The van der Waals surface area contributed by atoms with Crippen molar-refractivity contribution in [1.29, 1.82) is 10.5 Å². The quantitative estimate of drug-likeness (QED) is 0.698. The van der Waals surface area contributed by atoms with E-state index in [1.807, 2.05) is 25.1 Å². The molecule has 0 amide bonds. The molecular formula is C15H9N5S. The lowest BCUT2D eigenvalue weighted by Gasteiger charge is -2.05. The summed E-state index contributed by atoms with van der Waals surface area (Å²) in [6.07, 6.45) is 1.76. The zero-order valence-electron chi connectivity index (χ0n) is 11.1. The van der Waals surface area contributed by atoms with Crippen molar-refractivity contribution in [3.8, 4) is 17.8 Å². The van der Waals surface area contributed by atoms with E-state index in [2.05, 4.69) is 9.97 Å². The van der Waals surface area contributed by atoms with Crippen LogP contribution in [-0.2, 0) is 0 Å². The van der Waals surface area contributed by atoms with E-state index in [4.69, 9.17) is 22.7 Å². The standard InChI is InChI=1S/C15H9N5S/c1-9-4-13-14(18-8-9)20(15(21)19-13)12-3-2-10(6-16)11(5-12)7-17/h2-5,8H,1H3,(H,19,21). The number of nitrogens with zero attached hydrogens (tertiary/aromatic N) is 4. The van der Waals surface area contributed by atoms with E-state index in [-0.39, 0.29) is 0 Å². The molecule has 2 heterocycles. The van der Waals surface area contributed by atoms with Crippen molar-refractivity contribution >= 4 is 23.4 Å². The zero-order valence-corrected chi connectivity index (χ0v) is 11.9. The number of hydrogen-bond donors (Lipinski definition) is 1. The smallest absolute Gasteiger partial charge is 0.183 e. The van der Waals surface area contributed by atoms with Gasteiger partial charge in [0.15, 0.2) is 10.4 Å². The van der Waals surface area contributed by atoms with Gasteiger partial charge < -0.3 is 4.98 Å². The SMILES string of the molecule is Cc1cnc2c(c1)[nH]c(=S)n2-c1ccc(C#N)c(C#N)c1. The van der Waals surface area contributed by atoms with Gasteiger partial charge in [0.1, 0.15) is 12.1 Å². The van der Waals surface area contributed by atoms with Gasteiger partial charge in [0.25, 0.3) is 0 Å². The minimum Gasteiger partial charge on any atom is -0.329 e. The largest absolute Gasteiger partial charge is 0.329 e. The van der Waals surface area contributed by atoms with E-state index in [1.165, 1.54) is 0 Å². The second kappa shape index (κ2) is 4.86. The molecule has 0 spiro atoms. The van der Waals surface area contributed by atoms with Crippen molar-refractivity contribution in [2.45, 2.75) is 6.92 Å². The number of rotatable bonds is 1. The van der Waals surface area contributed by atoms with Gasteiger partial charge in [-0.05, 0) is 49.0 Å². The van der Waals surface area contributed by atoms with E-state index in [0.717, 1.165) is 11.1 Å². The Hall–Kier alpha value is -2.96. The highest BCUT2D eigenvalue weighted by Crippen LogP contribution is 2.20. The molecule has 0 radical (unpaired) electrons. The maximum Gasteiger partial charge on any atom is 0.183 e. The first-order valence-corrected chi connectivity index (χ1v) is 6.57. The summed E-state index contributed by atoms with van der Waals surface area (Å²) in [4.78, 5) is 7.49. The number of H-pyrrole nitrogens is 1. The molecule has 0 atom stereocenters. The Labute approximate surface area is 125 Å². The number of pyridine rings is 1. The Bertz CT molecular complexity index is 998. The summed E-state index contributed by atoms with van der Waals surface area (Å²) >= 11 is 5.34. The molecule has 6 heteroatoms. The van der Waals surface area contributed by atoms with E-state index < -0.39 is 0 Å². The molecule has 3 aromatic rings. The van der Waals surface area contributed by atoms with Gasteiger partial charge in [-0.1, -0.05) is 0 Å². The molecule has 100 valence electrons. The van der Waals surface area contributed by atoms with Crippen LogP contribution >= 0.6 is 12.2 Å². The molecule has 0 aliphatic heterocycles. The van der Waals surface area contributed by atoms with Crippen LogP contribution in [0.4, 0.5) is 0 Å². The van der Waals surface area contributed by atoms with Crippen molar-refractivity contribution in [2.24, 2.45) is 0 Å². The van der Waals surface area contributed by atoms with Crippen LogP contribution in [0, 0.1) is 34.4 Å². The maximum absolute atomic E-state index is 9.13. The van der Waals surface area contributed by atoms with Gasteiger partial charge in [-0.3, -0.25) is 4.57 Å². The van der Waals surface area contributed by atoms with Gasteiger partial charge in [0.05, 0.1) is 22.3 Å². The molecule has 0 saturated heterocycles. The highest BCUT2D eigenvalue weighted by molar-refractivity contribution is 7.71. The topological polar surface area (TPSA) is 81.2 Å². The van der Waals surface area contributed by atoms with Crippen LogP contribution in [0.5, 0.6) is 0 Å². The molecule has 2 aromatic heterocycles. The molecule has 5 nitrogen and oxygen atoms in total. The van der Waals surface area contributed by atoms with Crippen molar-refractivity contribution in [3.05, 3.63) is 51.9 Å². The molecule has 0 unspecified atom stereocenters. The number of nitriles is 2. The predicted octanol–water partition coefficient (Wildman–Crippen LogP) is 3.13. The van der Waals surface area contributed by atoms with Gasteiger partial charge in [0.2, 0.25) is 0 Å². The number of aromatic nitrogens is 3. The number of aromatic amines is 1. The first-order valence-electron chi connectivity index (χ1n) is 6.16. The number of benzene rings is 1. The van der Waals surface area contributed by atoms with E-state index in [9.17, 15) is 0 Å². The lowest BCUT2D eigenvalue weighted by atomic mass is 10.1. The Morgan fingerprint density at radius 3 is 2.67 bits per heavy atom. The van der Waals surface area contributed by atoms with Crippen molar-refractivity contribution < 1.29 is 0 Å². The molecule has 0 bridgehead atoms. The Kier molecular flexibility index (Phi) is 3.02. The zero-order chi connectivity index (χ0) is 15.0. The van der Waals surface area contributed by atoms with Crippen LogP contribution < -0.4 is 0 Å². The third-order valence-electron chi connectivity index (χ3n) is 3.16. The average Bonchev–Trinajstić information content (AvgIpc) is 2.81. The fourth-order valence-electron chi connectivity index (χ4n) is 2.20. The summed E-state index contributed by atoms with van der Waals surface area (Å²) in [5.41, 5.74) is 3.93. The normalized spacial score (nSPS) is 10.2. The van der Waals surface area contributed by atoms with Gasteiger partial charge >= 0.3 is 0 Å². The average molecular weight is 291 g/mol. The predicted molar refractivity (Wildman–Crippen MR) is 80.4 cm³/mol. The number of fused-ring (bicyclic) bond motifs is 1. The number of hydrogen-bond acceptors (Lipinski definition) is 4. The fraction of sp³-hybridized carbons (Fsp3) is 0.0667. The Morgan fingerprint density at radius 2 is 1.95 bits per heavy atom. The van der Waals surface area contributed by atoms with Gasteiger partial charge in [0, 0.05) is 6.20 Å². The van der Waals surface area contributed by atoms with Crippen LogP contribution in [0.15, 0.2) is 30.5 Å². The van der Waals surface area contributed by atoms with Crippen molar-refractivity contribution in [2.75, 3.05) is 0 Å². The lowest BCUT2D eigenvalue weighted by Crippen LogP contribution is -1.97. The molecule has 1 aromatic carbocycles.